The van der Waals surface area contributed by atoms with Crippen LogP contribution < -0.4 is 0 Å². The molecule has 0 aromatic rings. The lowest BCUT2D eigenvalue weighted by Crippen LogP contribution is -2.20. The molecule has 0 aromatic carbocycles. The SMILES string of the molecule is CCCCCCCCCCCCCCCCC(CC(CCCC)CC(CCCC)CCCCCC)C(=O)O. The maximum absolute atomic E-state index is 12.2. The van der Waals surface area contributed by atoms with Crippen molar-refractivity contribution < 1.29 is 9.90 Å². The molecule has 1 N–H and O–H groups in total. The second-order valence-electron chi connectivity index (χ2n) is 12.8. The summed E-state index contributed by atoms with van der Waals surface area (Å²) in [6.07, 6.45) is 36.5. The van der Waals surface area contributed by atoms with Crippen LogP contribution in [-0.2, 0) is 4.79 Å². The van der Waals surface area contributed by atoms with E-state index in [1.165, 1.54) is 161 Å². The van der Waals surface area contributed by atoms with Crippen LogP contribution in [0.25, 0.3) is 0 Å². The molecule has 0 heterocycles. The molecule has 0 aromatic heterocycles. The Kier molecular flexibility index (Phi) is 29.0. The van der Waals surface area contributed by atoms with Crippen LogP contribution in [0.15, 0.2) is 0 Å². The third kappa shape index (κ3) is 24.5. The summed E-state index contributed by atoms with van der Waals surface area (Å²) in [5.41, 5.74) is 0. The quantitative estimate of drug-likeness (QED) is 0.0894. The molecule has 3 unspecified atom stereocenters. The topological polar surface area (TPSA) is 37.3 Å². The summed E-state index contributed by atoms with van der Waals surface area (Å²) in [6.45, 7) is 9.16. The van der Waals surface area contributed by atoms with Crippen LogP contribution in [0.2, 0.25) is 0 Å². The van der Waals surface area contributed by atoms with E-state index < -0.39 is 5.97 Å². The number of aliphatic carboxylic acids is 1. The van der Waals surface area contributed by atoms with Crippen molar-refractivity contribution in [3.63, 3.8) is 0 Å². The Morgan fingerprint density at radius 3 is 1.21 bits per heavy atom. The number of rotatable bonds is 31. The molecule has 228 valence electrons. The van der Waals surface area contributed by atoms with Gasteiger partial charge in [0.15, 0.2) is 0 Å². The minimum absolute atomic E-state index is 0.124. The van der Waals surface area contributed by atoms with Crippen molar-refractivity contribution in [3.05, 3.63) is 0 Å². The first-order valence-electron chi connectivity index (χ1n) is 17.8. The fraction of sp³-hybridized carbons (Fsp3) is 0.972. The number of unbranched alkanes of at least 4 members (excludes halogenated alkanes) is 18. The molecule has 0 spiro atoms. The van der Waals surface area contributed by atoms with Crippen molar-refractivity contribution in [2.75, 3.05) is 0 Å². The number of carboxylic acids is 1. The normalized spacial score (nSPS) is 14.0. The zero-order chi connectivity index (χ0) is 28.1. The molecular formula is C36H72O2. The molecule has 0 amide bonds. The van der Waals surface area contributed by atoms with Gasteiger partial charge in [0, 0.05) is 0 Å². The molecule has 0 fully saturated rings. The maximum atomic E-state index is 12.2. The largest absolute Gasteiger partial charge is 0.481 e. The van der Waals surface area contributed by atoms with E-state index in [9.17, 15) is 9.90 Å². The summed E-state index contributed by atoms with van der Waals surface area (Å²) >= 11 is 0. The Balaban J connectivity index is 4.29. The Hall–Kier alpha value is -0.530. The van der Waals surface area contributed by atoms with Gasteiger partial charge < -0.3 is 5.11 Å². The first-order chi connectivity index (χ1) is 18.6. The van der Waals surface area contributed by atoms with Crippen molar-refractivity contribution in [1.82, 2.24) is 0 Å². The predicted molar refractivity (Wildman–Crippen MR) is 170 cm³/mol. The summed E-state index contributed by atoms with van der Waals surface area (Å²) in [4.78, 5) is 12.2. The molecule has 0 aliphatic heterocycles. The second kappa shape index (κ2) is 29.5. The fourth-order valence-electron chi connectivity index (χ4n) is 6.36. The molecule has 3 atom stereocenters. The highest BCUT2D eigenvalue weighted by Gasteiger charge is 2.24. The Morgan fingerprint density at radius 1 is 0.421 bits per heavy atom. The van der Waals surface area contributed by atoms with Gasteiger partial charge in [0.2, 0.25) is 0 Å². The van der Waals surface area contributed by atoms with Gasteiger partial charge in [-0.15, -0.1) is 0 Å². The van der Waals surface area contributed by atoms with E-state index in [0.717, 1.165) is 25.2 Å². The van der Waals surface area contributed by atoms with Crippen LogP contribution in [0.4, 0.5) is 0 Å². The molecular weight excluding hydrogens is 464 g/mol. The molecule has 0 bridgehead atoms. The van der Waals surface area contributed by atoms with E-state index in [2.05, 4.69) is 27.7 Å². The van der Waals surface area contributed by atoms with Crippen LogP contribution in [0.5, 0.6) is 0 Å². The standard InChI is InChI=1S/C36H72O2/c1-5-9-13-15-16-17-18-19-20-21-22-23-24-26-30-35(36(37)38)32-34(28-12-8-4)31-33(27-11-7-3)29-25-14-10-6-2/h33-35H,5-32H2,1-4H3,(H,37,38). The van der Waals surface area contributed by atoms with Gasteiger partial charge in [-0.05, 0) is 31.1 Å². The lowest BCUT2D eigenvalue weighted by molar-refractivity contribution is -0.142. The minimum atomic E-state index is -0.533. The summed E-state index contributed by atoms with van der Waals surface area (Å²) in [7, 11) is 0. The van der Waals surface area contributed by atoms with Crippen LogP contribution in [0, 0.1) is 17.8 Å². The second-order valence-corrected chi connectivity index (χ2v) is 12.8. The van der Waals surface area contributed by atoms with Gasteiger partial charge in [0.05, 0.1) is 5.92 Å². The van der Waals surface area contributed by atoms with Crippen molar-refractivity contribution in [3.8, 4) is 0 Å². The molecule has 0 saturated carbocycles. The number of hydrogen-bond donors (Lipinski definition) is 1. The van der Waals surface area contributed by atoms with Gasteiger partial charge in [-0.25, -0.2) is 0 Å². The van der Waals surface area contributed by atoms with Gasteiger partial charge in [-0.1, -0.05) is 188 Å². The van der Waals surface area contributed by atoms with Crippen LogP contribution >= 0.6 is 0 Å². The van der Waals surface area contributed by atoms with Crippen molar-refractivity contribution in [2.45, 2.75) is 207 Å². The number of carboxylic acid groups (broad SMARTS) is 1. The van der Waals surface area contributed by atoms with E-state index in [-0.39, 0.29) is 5.92 Å². The van der Waals surface area contributed by atoms with Gasteiger partial charge in [-0.3, -0.25) is 4.79 Å². The predicted octanol–water partition coefficient (Wildman–Crippen LogP) is 12.9. The smallest absolute Gasteiger partial charge is 0.306 e. The molecule has 0 aliphatic carbocycles. The van der Waals surface area contributed by atoms with Crippen LogP contribution in [0.3, 0.4) is 0 Å². The molecule has 0 radical (unpaired) electrons. The van der Waals surface area contributed by atoms with Gasteiger partial charge >= 0.3 is 5.97 Å². The van der Waals surface area contributed by atoms with Crippen LogP contribution in [0.1, 0.15) is 207 Å². The highest BCUT2D eigenvalue weighted by Crippen LogP contribution is 2.32. The molecule has 0 aliphatic rings. The first-order valence-corrected chi connectivity index (χ1v) is 17.8. The van der Waals surface area contributed by atoms with E-state index >= 15 is 0 Å². The summed E-state index contributed by atoms with van der Waals surface area (Å²) in [5, 5.41) is 10.0. The molecule has 2 heteroatoms. The zero-order valence-corrected chi connectivity index (χ0v) is 26.9. The average Bonchev–Trinajstić information content (AvgIpc) is 2.91. The lowest BCUT2D eigenvalue weighted by Gasteiger charge is -2.26. The average molecular weight is 537 g/mol. The first kappa shape index (κ1) is 37.5. The molecule has 38 heavy (non-hydrogen) atoms. The van der Waals surface area contributed by atoms with Gasteiger partial charge in [0.1, 0.15) is 0 Å². The summed E-state index contributed by atoms with van der Waals surface area (Å²) < 4.78 is 0. The van der Waals surface area contributed by atoms with Crippen molar-refractivity contribution >= 4 is 5.97 Å². The lowest BCUT2D eigenvalue weighted by atomic mass is 9.79. The number of hydrogen-bond acceptors (Lipinski definition) is 1. The van der Waals surface area contributed by atoms with E-state index in [1.54, 1.807) is 0 Å². The van der Waals surface area contributed by atoms with Crippen LogP contribution in [-0.4, -0.2) is 11.1 Å². The third-order valence-corrected chi connectivity index (χ3v) is 8.94. The van der Waals surface area contributed by atoms with E-state index in [0.29, 0.717) is 5.92 Å². The molecule has 0 rings (SSSR count). The molecule has 0 saturated heterocycles. The maximum Gasteiger partial charge on any atom is 0.306 e. The minimum Gasteiger partial charge on any atom is -0.481 e. The highest BCUT2D eigenvalue weighted by molar-refractivity contribution is 5.69. The fourth-order valence-corrected chi connectivity index (χ4v) is 6.36. The number of carbonyl (C=O) groups is 1. The van der Waals surface area contributed by atoms with E-state index in [1.807, 2.05) is 0 Å². The third-order valence-electron chi connectivity index (χ3n) is 8.94. The Morgan fingerprint density at radius 2 is 0.763 bits per heavy atom. The monoisotopic (exact) mass is 537 g/mol. The van der Waals surface area contributed by atoms with Crippen molar-refractivity contribution in [2.24, 2.45) is 17.8 Å². The summed E-state index contributed by atoms with van der Waals surface area (Å²) in [5.74, 6) is 0.759. The highest BCUT2D eigenvalue weighted by atomic mass is 16.4. The zero-order valence-electron chi connectivity index (χ0n) is 26.9. The molecule has 2 nitrogen and oxygen atoms in total. The van der Waals surface area contributed by atoms with Crippen molar-refractivity contribution in [1.29, 1.82) is 0 Å². The van der Waals surface area contributed by atoms with Gasteiger partial charge in [0.25, 0.3) is 0 Å². The van der Waals surface area contributed by atoms with Gasteiger partial charge in [-0.2, -0.15) is 0 Å². The Labute approximate surface area is 240 Å². The Bertz CT molecular complexity index is 474. The van der Waals surface area contributed by atoms with E-state index in [4.69, 9.17) is 0 Å². The summed E-state index contributed by atoms with van der Waals surface area (Å²) in [6, 6.07) is 0.